The van der Waals surface area contributed by atoms with Crippen molar-refractivity contribution in [1.29, 1.82) is 0 Å². The quantitative estimate of drug-likeness (QED) is 0.524. The van der Waals surface area contributed by atoms with E-state index in [1.165, 1.54) is 0 Å². The van der Waals surface area contributed by atoms with E-state index < -0.39 is 0 Å². The Morgan fingerprint density at radius 2 is 1.28 bits per heavy atom. The van der Waals surface area contributed by atoms with Crippen molar-refractivity contribution in [3.63, 3.8) is 0 Å². The number of hydrogen-bond acceptors (Lipinski definition) is 2. The van der Waals surface area contributed by atoms with Gasteiger partial charge in [0.25, 0.3) is 0 Å². The number of hydrogen-bond donors (Lipinski definition) is 1. The number of aromatic hydroxyl groups is 1. The van der Waals surface area contributed by atoms with Gasteiger partial charge in [-0.05, 0) is 56.2 Å². The van der Waals surface area contributed by atoms with Gasteiger partial charge in [0, 0.05) is 0 Å². The van der Waals surface area contributed by atoms with E-state index in [1.807, 2.05) is 30.3 Å². The molecule has 0 spiro atoms. The number of quaternary nitrogens is 1. The second kappa shape index (κ2) is 9.28. The normalized spacial score (nSPS) is 11.8. The van der Waals surface area contributed by atoms with Gasteiger partial charge in [-0.1, -0.05) is 36.4 Å². The molecule has 0 aromatic heterocycles. The Bertz CT molecular complexity index is 647. The Morgan fingerprint density at radius 1 is 0.800 bits per heavy atom. The molecule has 0 unspecified atom stereocenters. The molecule has 2 aromatic rings. The van der Waals surface area contributed by atoms with Crippen LogP contribution in [0.3, 0.4) is 0 Å². The lowest BCUT2D eigenvalue weighted by Crippen LogP contribution is -2.49. The predicted octanol–water partition coefficient (Wildman–Crippen LogP) is 4.82. The molecule has 0 saturated carbocycles. The Kier molecular flexibility index (Phi) is 7.08. The Hall–Kier alpha value is -2.26. The summed E-state index contributed by atoms with van der Waals surface area (Å²) in [6.07, 6.45) is 4.09. The predicted molar refractivity (Wildman–Crippen MR) is 106 cm³/mol. The first-order valence-corrected chi connectivity index (χ1v) is 9.16. The zero-order valence-electron chi connectivity index (χ0n) is 15.6. The molecule has 0 fully saturated rings. The summed E-state index contributed by atoms with van der Waals surface area (Å²) in [5, 5.41) is 9.30. The molecule has 0 bridgehead atoms. The number of ether oxygens (including phenoxy) is 1. The fourth-order valence-corrected chi connectivity index (χ4v) is 2.96. The minimum Gasteiger partial charge on any atom is -0.508 e. The number of rotatable bonds is 9. The van der Waals surface area contributed by atoms with Crippen molar-refractivity contribution in [2.24, 2.45) is 0 Å². The first kappa shape index (κ1) is 19.1. The molecule has 0 atom stereocenters. The summed E-state index contributed by atoms with van der Waals surface area (Å²) in [4.78, 5) is 0. The molecule has 2 rings (SSSR count). The second-order valence-corrected chi connectivity index (χ2v) is 6.36. The van der Waals surface area contributed by atoms with Crippen molar-refractivity contribution in [2.45, 2.75) is 20.8 Å². The minimum atomic E-state index is 0.288. The summed E-state index contributed by atoms with van der Waals surface area (Å²) < 4.78 is 7.04. The average Bonchev–Trinajstić information content (AvgIpc) is 2.66. The number of likely N-dealkylation sites (N-methyl/N-ethyl adjacent to an activating group) is 1. The van der Waals surface area contributed by atoms with Crippen LogP contribution >= 0.6 is 0 Å². The van der Waals surface area contributed by atoms with Crippen LogP contribution in [-0.4, -0.2) is 42.4 Å². The third kappa shape index (κ3) is 5.64. The van der Waals surface area contributed by atoms with Gasteiger partial charge in [-0.2, -0.15) is 0 Å². The molecule has 0 aliphatic carbocycles. The molecule has 0 radical (unpaired) electrons. The third-order valence-corrected chi connectivity index (χ3v) is 5.09. The standard InChI is InChI=1S/C22H29NO2/c1-4-23(5-2,6-3)17-18-25-22-15-11-20(12-16-22)8-7-19-9-13-21(24)14-10-19/h7-16H,4-6,17-18H2,1-3H3/p+1/b8-7+. The molecule has 0 aliphatic heterocycles. The van der Waals surface area contributed by atoms with Crippen LogP contribution in [0.25, 0.3) is 12.2 Å². The van der Waals surface area contributed by atoms with Crippen LogP contribution < -0.4 is 4.74 Å². The zero-order chi connectivity index (χ0) is 18.1. The van der Waals surface area contributed by atoms with Crippen LogP contribution in [0, 0.1) is 0 Å². The molecule has 1 N–H and O–H groups in total. The van der Waals surface area contributed by atoms with Crippen molar-refractivity contribution >= 4 is 12.2 Å². The number of nitrogens with zero attached hydrogens (tertiary/aromatic N) is 1. The molecular weight excluding hydrogens is 310 g/mol. The highest BCUT2D eigenvalue weighted by Crippen LogP contribution is 2.16. The summed E-state index contributed by atoms with van der Waals surface area (Å²) in [6.45, 7) is 12.0. The van der Waals surface area contributed by atoms with E-state index in [9.17, 15) is 5.11 Å². The fraction of sp³-hybridized carbons (Fsp3) is 0.364. The number of phenolic OH excluding ortho intramolecular Hbond substituents is 1. The SMILES string of the molecule is CC[N+](CC)(CC)CCOc1ccc(/C=C/c2ccc(O)cc2)cc1. The molecule has 3 heteroatoms. The van der Waals surface area contributed by atoms with Crippen molar-refractivity contribution < 1.29 is 14.3 Å². The van der Waals surface area contributed by atoms with E-state index in [0.717, 1.165) is 54.1 Å². The van der Waals surface area contributed by atoms with E-state index in [-0.39, 0.29) is 5.75 Å². The van der Waals surface area contributed by atoms with E-state index in [1.54, 1.807) is 12.1 Å². The smallest absolute Gasteiger partial charge is 0.137 e. The van der Waals surface area contributed by atoms with Gasteiger partial charge in [0.15, 0.2) is 0 Å². The minimum absolute atomic E-state index is 0.288. The van der Waals surface area contributed by atoms with Crippen LogP contribution in [-0.2, 0) is 0 Å². The molecule has 0 saturated heterocycles. The Morgan fingerprint density at radius 3 is 1.76 bits per heavy atom. The maximum Gasteiger partial charge on any atom is 0.137 e. The van der Waals surface area contributed by atoms with Crippen molar-refractivity contribution in [2.75, 3.05) is 32.8 Å². The molecule has 0 aliphatic rings. The maximum absolute atomic E-state index is 9.30. The summed E-state index contributed by atoms with van der Waals surface area (Å²) in [5.74, 6) is 1.21. The molecule has 0 heterocycles. The molecule has 2 aromatic carbocycles. The third-order valence-electron chi connectivity index (χ3n) is 5.09. The van der Waals surface area contributed by atoms with Gasteiger partial charge in [0.2, 0.25) is 0 Å². The van der Waals surface area contributed by atoms with Crippen molar-refractivity contribution in [3.8, 4) is 11.5 Å². The summed E-state index contributed by atoms with van der Waals surface area (Å²) in [5.41, 5.74) is 2.19. The Balaban J connectivity index is 1.88. The lowest BCUT2D eigenvalue weighted by molar-refractivity contribution is -0.923. The van der Waals surface area contributed by atoms with Gasteiger partial charge < -0.3 is 14.3 Å². The lowest BCUT2D eigenvalue weighted by atomic mass is 10.1. The monoisotopic (exact) mass is 340 g/mol. The van der Waals surface area contributed by atoms with Crippen LogP contribution in [0.1, 0.15) is 31.9 Å². The van der Waals surface area contributed by atoms with Gasteiger partial charge in [0.1, 0.15) is 24.7 Å². The van der Waals surface area contributed by atoms with Crippen LogP contribution in [0.4, 0.5) is 0 Å². The van der Waals surface area contributed by atoms with Crippen molar-refractivity contribution in [3.05, 3.63) is 59.7 Å². The van der Waals surface area contributed by atoms with Gasteiger partial charge in [0.05, 0.1) is 19.6 Å². The number of benzene rings is 2. The summed E-state index contributed by atoms with van der Waals surface area (Å²) in [6, 6.07) is 15.3. The molecule has 134 valence electrons. The summed E-state index contributed by atoms with van der Waals surface area (Å²) >= 11 is 0. The molecule has 3 nitrogen and oxygen atoms in total. The van der Waals surface area contributed by atoms with Crippen LogP contribution in [0.5, 0.6) is 11.5 Å². The van der Waals surface area contributed by atoms with Gasteiger partial charge in [-0.25, -0.2) is 0 Å². The highest BCUT2D eigenvalue weighted by atomic mass is 16.5. The van der Waals surface area contributed by atoms with Crippen LogP contribution in [0.15, 0.2) is 48.5 Å². The summed E-state index contributed by atoms with van der Waals surface area (Å²) in [7, 11) is 0. The van der Waals surface area contributed by atoms with Gasteiger partial charge in [-0.3, -0.25) is 0 Å². The number of phenols is 1. The van der Waals surface area contributed by atoms with Gasteiger partial charge in [-0.15, -0.1) is 0 Å². The molecule has 0 amide bonds. The fourth-order valence-electron chi connectivity index (χ4n) is 2.96. The molecular formula is C22H30NO2+. The van der Waals surface area contributed by atoms with E-state index in [2.05, 4.69) is 39.0 Å². The average molecular weight is 340 g/mol. The lowest BCUT2D eigenvalue weighted by Gasteiger charge is -2.35. The topological polar surface area (TPSA) is 29.5 Å². The Labute approximate surface area is 151 Å². The highest BCUT2D eigenvalue weighted by molar-refractivity contribution is 5.70. The molecule has 25 heavy (non-hydrogen) atoms. The van der Waals surface area contributed by atoms with Crippen molar-refractivity contribution in [1.82, 2.24) is 0 Å². The highest BCUT2D eigenvalue weighted by Gasteiger charge is 2.20. The maximum atomic E-state index is 9.30. The largest absolute Gasteiger partial charge is 0.508 e. The van der Waals surface area contributed by atoms with Gasteiger partial charge >= 0.3 is 0 Å². The zero-order valence-corrected chi connectivity index (χ0v) is 15.6. The first-order valence-electron chi connectivity index (χ1n) is 9.16. The van der Waals surface area contributed by atoms with E-state index in [4.69, 9.17) is 4.74 Å². The first-order chi connectivity index (χ1) is 12.1. The van der Waals surface area contributed by atoms with Crippen LogP contribution in [0.2, 0.25) is 0 Å². The van der Waals surface area contributed by atoms with E-state index >= 15 is 0 Å². The van der Waals surface area contributed by atoms with E-state index in [0.29, 0.717) is 0 Å². The second-order valence-electron chi connectivity index (χ2n) is 6.36.